The lowest BCUT2D eigenvalue weighted by molar-refractivity contribution is 0.132. The number of benzene rings is 1. The highest BCUT2D eigenvalue weighted by atomic mass is 15.1. The molecule has 2 aromatic rings. The molecule has 0 saturated heterocycles. The van der Waals surface area contributed by atoms with Gasteiger partial charge in [-0.3, -0.25) is 0 Å². The Morgan fingerprint density at radius 2 is 1.65 bits per heavy atom. The molecule has 0 spiro atoms. The molecule has 1 saturated carbocycles. The standard InChI is InChI=1S/C16H22N2.C2H6/c1-11-7-13-5-6-18(16(13)8-12(11)2)15-9-14(10-15)17(3)4;1-2/h5-8,14-15H,9-10H2,1-4H3;1-2H3. The zero-order valence-electron chi connectivity index (χ0n) is 13.8. The van der Waals surface area contributed by atoms with Crippen LogP contribution in [0.15, 0.2) is 24.4 Å². The van der Waals surface area contributed by atoms with Gasteiger partial charge < -0.3 is 9.47 Å². The molecule has 0 atom stereocenters. The van der Waals surface area contributed by atoms with E-state index in [-0.39, 0.29) is 0 Å². The van der Waals surface area contributed by atoms with E-state index in [1.165, 1.54) is 34.9 Å². The molecule has 20 heavy (non-hydrogen) atoms. The predicted molar refractivity (Wildman–Crippen MR) is 88.5 cm³/mol. The first-order chi connectivity index (χ1) is 9.56. The minimum absolute atomic E-state index is 0.692. The van der Waals surface area contributed by atoms with Gasteiger partial charge in [-0.2, -0.15) is 0 Å². The molecule has 0 unspecified atom stereocenters. The maximum atomic E-state index is 2.47. The van der Waals surface area contributed by atoms with E-state index in [4.69, 9.17) is 0 Å². The second-order valence-corrected chi connectivity index (χ2v) is 5.96. The highest BCUT2D eigenvalue weighted by Gasteiger charge is 2.32. The van der Waals surface area contributed by atoms with Crippen LogP contribution in [0.4, 0.5) is 0 Å². The highest BCUT2D eigenvalue weighted by Crippen LogP contribution is 2.37. The summed E-state index contributed by atoms with van der Waals surface area (Å²) in [5, 5.41) is 1.38. The van der Waals surface area contributed by atoms with Gasteiger partial charge in [-0.25, -0.2) is 0 Å². The second kappa shape index (κ2) is 6.01. The average molecular weight is 272 g/mol. The lowest BCUT2D eigenvalue weighted by atomic mass is 9.85. The van der Waals surface area contributed by atoms with E-state index < -0.39 is 0 Å². The van der Waals surface area contributed by atoms with Crippen LogP contribution >= 0.6 is 0 Å². The van der Waals surface area contributed by atoms with E-state index in [1.807, 2.05) is 13.8 Å². The zero-order valence-corrected chi connectivity index (χ0v) is 13.8. The smallest absolute Gasteiger partial charge is 0.0485 e. The number of hydrogen-bond acceptors (Lipinski definition) is 1. The maximum absolute atomic E-state index is 2.47. The highest BCUT2D eigenvalue weighted by molar-refractivity contribution is 5.82. The monoisotopic (exact) mass is 272 g/mol. The van der Waals surface area contributed by atoms with Crippen molar-refractivity contribution in [3.8, 4) is 0 Å². The molecule has 1 aliphatic rings. The summed E-state index contributed by atoms with van der Waals surface area (Å²) in [6, 6.07) is 8.36. The van der Waals surface area contributed by atoms with Gasteiger partial charge in [0, 0.05) is 23.8 Å². The molecule has 2 nitrogen and oxygen atoms in total. The molecule has 1 fully saturated rings. The van der Waals surface area contributed by atoms with Gasteiger partial charge in [-0.05, 0) is 75.5 Å². The topological polar surface area (TPSA) is 8.17 Å². The summed E-state index contributed by atoms with van der Waals surface area (Å²) >= 11 is 0. The molecule has 0 N–H and O–H groups in total. The van der Waals surface area contributed by atoms with Crippen LogP contribution in [-0.4, -0.2) is 29.6 Å². The molecule has 0 bridgehead atoms. The maximum Gasteiger partial charge on any atom is 0.0485 e. The molecule has 2 heteroatoms. The predicted octanol–water partition coefficient (Wildman–Crippen LogP) is 4.55. The van der Waals surface area contributed by atoms with Crippen LogP contribution < -0.4 is 0 Å². The Labute approximate surface area is 123 Å². The third-order valence-electron chi connectivity index (χ3n) is 4.55. The van der Waals surface area contributed by atoms with E-state index in [1.54, 1.807) is 0 Å². The summed E-state index contributed by atoms with van der Waals surface area (Å²) in [6.45, 7) is 8.40. The second-order valence-electron chi connectivity index (χ2n) is 5.96. The van der Waals surface area contributed by atoms with Crippen LogP contribution in [-0.2, 0) is 0 Å². The summed E-state index contributed by atoms with van der Waals surface area (Å²) in [5.41, 5.74) is 4.19. The van der Waals surface area contributed by atoms with Crippen molar-refractivity contribution < 1.29 is 0 Å². The summed E-state index contributed by atoms with van der Waals surface area (Å²) in [5.74, 6) is 0. The van der Waals surface area contributed by atoms with Crippen LogP contribution in [0.25, 0.3) is 10.9 Å². The first-order valence-electron chi connectivity index (χ1n) is 7.80. The lowest BCUT2D eigenvalue weighted by Crippen LogP contribution is -2.41. The van der Waals surface area contributed by atoms with Crippen molar-refractivity contribution in [2.24, 2.45) is 0 Å². The minimum atomic E-state index is 0.692. The van der Waals surface area contributed by atoms with Crippen LogP contribution in [0.2, 0.25) is 0 Å². The Kier molecular flexibility index (Phi) is 4.54. The number of aromatic nitrogens is 1. The Balaban J connectivity index is 0.000000704. The van der Waals surface area contributed by atoms with Gasteiger partial charge in [-0.15, -0.1) is 0 Å². The average Bonchev–Trinajstić information content (AvgIpc) is 2.73. The molecule has 1 aliphatic carbocycles. The Hall–Kier alpha value is -1.28. The fourth-order valence-electron chi connectivity index (χ4n) is 2.95. The Bertz CT molecular complexity index is 574. The quantitative estimate of drug-likeness (QED) is 0.778. The Morgan fingerprint density at radius 3 is 2.25 bits per heavy atom. The number of hydrogen-bond donors (Lipinski definition) is 0. The molecule has 0 radical (unpaired) electrons. The molecule has 0 amide bonds. The largest absolute Gasteiger partial charge is 0.344 e. The number of rotatable bonds is 2. The number of fused-ring (bicyclic) bond motifs is 1. The van der Waals surface area contributed by atoms with E-state index in [0.717, 1.165) is 6.04 Å². The SMILES string of the molecule is CC.Cc1cc2ccn(C3CC(N(C)C)C3)c2cc1C. The van der Waals surface area contributed by atoms with Crippen LogP contribution in [0.3, 0.4) is 0 Å². The molecule has 1 aromatic heterocycles. The van der Waals surface area contributed by atoms with E-state index in [2.05, 4.69) is 61.8 Å². The summed E-state index contributed by atoms with van der Waals surface area (Å²) < 4.78 is 2.47. The van der Waals surface area contributed by atoms with Crippen molar-refractivity contribution in [1.82, 2.24) is 9.47 Å². The van der Waals surface area contributed by atoms with Gasteiger partial charge in [0.1, 0.15) is 0 Å². The summed E-state index contributed by atoms with van der Waals surface area (Å²) in [6.07, 6.45) is 4.83. The zero-order chi connectivity index (χ0) is 14.9. The molecular weight excluding hydrogens is 244 g/mol. The van der Waals surface area contributed by atoms with Gasteiger partial charge in [0.2, 0.25) is 0 Å². The lowest BCUT2D eigenvalue weighted by Gasteiger charge is -2.40. The molecule has 1 aromatic carbocycles. The third-order valence-corrected chi connectivity index (χ3v) is 4.55. The first kappa shape index (κ1) is 15.1. The fourth-order valence-corrected chi connectivity index (χ4v) is 2.95. The van der Waals surface area contributed by atoms with Gasteiger partial charge in [0.25, 0.3) is 0 Å². The van der Waals surface area contributed by atoms with E-state index in [0.29, 0.717) is 6.04 Å². The van der Waals surface area contributed by atoms with Crippen LogP contribution in [0.1, 0.15) is 43.9 Å². The Morgan fingerprint density at radius 1 is 1.05 bits per heavy atom. The van der Waals surface area contributed by atoms with Crippen molar-refractivity contribution in [3.63, 3.8) is 0 Å². The molecule has 0 aliphatic heterocycles. The molecule has 3 rings (SSSR count). The van der Waals surface area contributed by atoms with Crippen LogP contribution in [0, 0.1) is 13.8 Å². The first-order valence-corrected chi connectivity index (χ1v) is 7.80. The van der Waals surface area contributed by atoms with Crippen LogP contribution in [0.5, 0.6) is 0 Å². The molecule has 1 heterocycles. The van der Waals surface area contributed by atoms with E-state index >= 15 is 0 Å². The third kappa shape index (κ3) is 2.62. The summed E-state index contributed by atoms with van der Waals surface area (Å²) in [4.78, 5) is 2.34. The normalized spacial score (nSPS) is 21.6. The van der Waals surface area contributed by atoms with Gasteiger partial charge >= 0.3 is 0 Å². The number of nitrogens with zero attached hydrogens (tertiary/aromatic N) is 2. The van der Waals surface area contributed by atoms with Gasteiger partial charge in [0.15, 0.2) is 0 Å². The van der Waals surface area contributed by atoms with Gasteiger partial charge in [-0.1, -0.05) is 13.8 Å². The minimum Gasteiger partial charge on any atom is -0.344 e. The van der Waals surface area contributed by atoms with Crippen molar-refractivity contribution >= 4 is 10.9 Å². The van der Waals surface area contributed by atoms with E-state index in [9.17, 15) is 0 Å². The van der Waals surface area contributed by atoms with Crippen molar-refractivity contribution in [2.45, 2.75) is 52.6 Å². The number of aryl methyl sites for hydroxylation is 2. The van der Waals surface area contributed by atoms with Crippen molar-refractivity contribution in [3.05, 3.63) is 35.5 Å². The van der Waals surface area contributed by atoms with Gasteiger partial charge in [0.05, 0.1) is 0 Å². The van der Waals surface area contributed by atoms with Crippen molar-refractivity contribution in [1.29, 1.82) is 0 Å². The van der Waals surface area contributed by atoms with Crippen molar-refractivity contribution in [2.75, 3.05) is 14.1 Å². The summed E-state index contributed by atoms with van der Waals surface area (Å²) in [7, 11) is 4.37. The molecule has 110 valence electrons. The molecular formula is C18H28N2. The fraction of sp³-hybridized carbons (Fsp3) is 0.556.